The molecular weight excluding hydrogens is 676 g/mol. The second-order valence-electron chi connectivity index (χ2n) is 12.0. The van der Waals surface area contributed by atoms with E-state index in [2.05, 4.69) is 10.3 Å². The van der Waals surface area contributed by atoms with Crippen LogP contribution in [0.3, 0.4) is 0 Å². The van der Waals surface area contributed by atoms with Gasteiger partial charge < -0.3 is 20.1 Å². The Morgan fingerprint density at radius 3 is 2.37 bits per heavy atom. The maximum atomic E-state index is 13.8. The predicted octanol–water partition coefficient (Wildman–Crippen LogP) is 3.59. The van der Waals surface area contributed by atoms with Crippen LogP contribution in [0.5, 0.6) is 0 Å². The SMILES string of the molecule is CC(=O)OCC[C@@H](CC(=O)O)N(C(C)=O)c1ccc(CCS(=O)(=O)N2CCC3(CC2)N=C(c2ccc(F)c(C(F)(F)F)c2)NC3=O)c(C)c1. The van der Waals surface area contributed by atoms with Gasteiger partial charge >= 0.3 is 18.1 Å². The van der Waals surface area contributed by atoms with E-state index in [4.69, 9.17) is 4.74 Å². The number of carboxylic acid groups (broad SMARTS) is 1. The van der Waals surface area contributed by atoms with Gasteiger partial charge in [-0.2, -0.15) is 13.2 Å². The molecule has 0 aliphatic carbocycles. The first-order chi connectivity index (χ1) is 22.8. The average Bonchev–Trinajstić information content (AvgIpc) is 3.30. The van der Waals surface area contributed by atoms with Crippen LogP contribution >= 0.6 is 0 Å². The van der Waals surface area contributed by atoms with Gasteiger partial charge in [-0.05, 0) is 67.6 Å². The Hall–Kier alpha value is -4.38. The van der Waals surface area contributed by atoms with E-state index >= 15 is 0 Å². The number of carbonyl (C=O) groups is 4. The number of nitrogens with zero attached hydrogens (tertiary/aromatic N) is 3. The van der Waals surface area contributed by atoms with Crippen molar-refractivity contribution in [1.29, 1.82) is 0 Å². The molecule has 2 aliphatic rings. The lowest BCUT2D eigenvalue weighted by Crippen LogP contribution is -2.50. The number of esters is 1. The number of anilines is 1. The topological polar surface area (TPSA) is 163 Å². The minimum absolute atomic E-state index is 0.0154. The molecule has 266 valence electrons. The third kappa shape index (κ3) is 8.81. The normalized spacial score (nSPS) is 17.0. The number of carboxylic acids is 1. The second kappa shape index (κ2) is 14.6. The molecule has 1 atom stereocenters. The number of amidine groups is 1. The minimum Gasteiger partial charge on any atom is -0.481 e. The van der Waals surface area contributed by atoms with Crippen LogP contribution in [-0.4, -0.2) is 84.4 Å². The van der Waals surface area contributed by atoms with E-state index in [9.17, 15) is 50.3 Å². The van der Waals surface area contributed by atoms with Gasteiger partial charge in [0.2, 0.25) is 15.9 Å². The summed E-state index contributed by atoms with van der Waals surface area (Å²) in [6.07, 6.45) is -5.18. The number of aliphatic carboxylic acids is 1. The highest BCUT2D eigenvalue weighted by Crippen LogP contribution is 2.35. The van der Waals surface area contributed by atoms with Crippen LogP contribution < -0.4 is 10.2 Å². The van der Waals surface area contributed by atoms with Crippen molar-refractivity contribution in [2.45, 2.75) is 70.6 Å². The molecule has 0 radical (unpaired) electrons. The van der Waals surface area contributed by atoms with E-state index in [0.717, 1.165) is 6.07 Å². The monoisotopic (exact) mass is 712 g/mol. The number of carbonyl (C=O) groups excluding carboxylic acids is 3. The quantitative estimate of drug-likeness (QED) is 0.249. The summed E-state index contributed by atoms with van der Waals surface area (Å²) in [6, 6.07) is 6.39. The smallest absolute Gasteiger partial charge is 0.419 e. The second-order valence-corrected chi connectivity index (χ2v) is 14.1. The number of hydrogen-bond acceptors (Lipinski definition) is 8. The zero-order valence-corrected chi connectivity index (χ0v) is 27.8. The highest BCUT2D eigenvalue weighted by Gasteiger charge is 2.48. The third-order valence-corrected chi connectivity index (χ3v) is 10.4. The largest absolute Gasteiger partial charge is 0.481 e. The number of alkyl halides is 3. The Morgan fingerprint density at radius 1 is 1.12 bits per heavy atom. The zero-order valence-electron chi connectivity index (χ0n) is 27.0. The molecule has 0 bridgehead atoms. The molecule has 2 aliphatic heterocycles. The van der Waals surface area contributed by atoms with Crippen LogP contribution in [0.15, 0.2) is 41.4 Å². The first-order valence-electron chi connectivity index (χ1n) is 15.3. The van der Waals surface area contributed by atoms with Gasteiger partial charge in [-0.3, -0.25) is 24.2 Å². The number of amides is 2. The molecule has 12 nitrogen and oxygen atoms in total. The summed E-state index contributed by atoms with van der Waals surface area (Å²) in [5.74, 6) is -4.58. The van der Waals surface area contributed by atoms with E-state index in [1.54, 1.807) is 25.1 Å². The van der Waals surface area contributed by atoms with Gasteiger partial charge in [0.05, 0.1) is 30.4 Å². The Bertz CT molecular complexity index is 1770. The number of nitrogens with one attached hydrogen (secondary N) is 1. The minimum atomic E-state index is -4.95. The van der Waals surface area contributed by atoms with Crippen molar-refractivity contribution in [3.05, 3.63) is 64.5 Å². The van der Waals surface area contributed by atoms with E-state index in [0.29, 0.717) is 28.9 Å². The molecule has 0 aromatic heterocycles. The van der Waals surface area contributed by atoms with Gasteiger partial charge in [-0.1, -0.05) is 6.07 Å². The molecule has 2 heterocycles. The van der Waals surface area contributed by atoms with Crippen LogP contribution in [-0.2, 0) is 46.5 Å². The maximum absolute atomic E-state index is 13.8. The fourth-order valence-electron chi connectivity index (χ4n) is 6.01. The van der Waals surface area contributed by atoms with Gasteiger partial charge in [-0.15, -0.1) is 0 Å². The Labute approximate surface area is 280 Å². The van der Waals surface area contributed by atoms with Crippen LogP contribution in [0.1, 0.15) is 61.8 Å². The fourth-order valence-corrected chi connectivity index (χ4v) is 7.48. The van der Waals surface area contributed by atoms with Gasteiger partial charge in [0.15, 0.2) is 0 Å². The van der Waals surface area contributed by atoms with Crippen LogP contribution in [0, 0.1) is 12.7 Å². The van der Waals surface area contributed by atoms with Crippen molar-refractivity contribution in [2.75, 3.05) is 30.3 Å². The fraction of sp³-hybridized carbons (Fsp3) is 0.469. The van der Waals surface area contributed by atoms with Crippen molar-refractivity contribution < 1.29 is 55.0 Å². The van der Waals surface area contributed by atoms with Gasteiger partial charge in [0, 0.05) is 44.6 Å². The Kier molecular flexibility index (Phi) is 11.2. The third-order valence-electron chi connectivity index (χ3n) is 8.57. The number of piperidine rings is 1. The summed E-state index contributed by atoms with van der Waals surface area (Å²) >= 11 is 0. The van der Waals surface area contributed by atoms with Crippen molar-refractivity contribution in [1.82, 2.24) is 9.62 Å². The summed E-state index contributed by atoms with van der Waals surface area (Å²) in [7, 11) is -3.82. The summed E-state index contributed by atoms with van der Waals surface area (Å²) in [5.41, 5.74) is -1.27. The number of aliphatic imine (C=N–C) groups is 1. The lowest BCUT2D eigenvalue weighted by atomic mass is 9.89. The average molecular weight is 713 g/mol. The van der Waals surface area contributed by atoms with E-state index in [-0.39, 0.29) is 62.5 Å². The molecule has 0 unspecified atom stereocenters. The highest BCUT2D eigenvalue weighted by atomic mass is 32.2. The van der Waals surface area contributed by atoms with Crippen LogP contribution in [0.2, 0.25) is 0 Å². The lowest BCUT2D eigenvalue weighted by Gasteiger charge is -2.34. The number of hydrogen-bond donors (Lipinski definition) is 2. The summed E-state index contributed by atoms with van der Waals surface area (Å²) < 4.78 is 86.2. The molecule has 1 saturated heterocycles. The van der Waals surface area contributed by atoms with Gasteiger partial charge in [0.25, 0.3) is 5.91 Å². The summed E-state index contributed by atoms with van der Waals surface area (Å²) in [5, 5.41) is 11.9. The Morgan fingerprint density at radius 2 is 1.80 bits per heavy atom. The molecule has 17 heteroatoms. The number of rotatable bonds is 12. The molecule has 0 saturated carbocycles. The standard InChI is InChI=1S/C32H36F4N4O8S/c1-19-16-24(40(20(2)41)25(18-28(43)44)8-14-48-21(3)42)6-4-22(19)9-15-49(46,47)39-12-10-31(11-13-39)30(45)37-29(38-31)23-5-7-27(33)26(17-23)32(34,35)36/h4-7,16-17,25H,8-15,18H2,1-3H3,(H,43,44)(H,37,38,45)/t25-/m0/s1. The van der Waals surface area contributed by atoms with Crippen molar-refractivity contribution in [3.63, 3.8) is 0 Å². The van der Waals surface area contributed by atoms with Crippen molar-refractivity contribution in [3.8, 4) is 0 Å². The van der Waals surface area contributed by atoms with E-state index in [1.807, 2.05) is 0 Å². The summed E-state index contributed by atoms with van der Waals surface area (Å²) in [4.78, 5) is 53.9. The molecule has 2 aromatic rings. The first-order valence-corrected chi connectivity index (χ1v) is 16.9. The van der Waals surface area contributed by atoms with Gasteiger partial charge in [0.1, 0.15) is 17.2 Å². The lowest BCUT2D eigenvalue weighted by molar-refractivity contribution is -0.141. The predicted molar refractivity (Wildman–Crippen MR) is 169 cm³/mol. The molecule has 4 rings (SSSR count). The van der Waals surface area contributed by atoms with Crippen molar-refractivity contribution >= 4 is 45.3 Å². The molecule has 2 amide bonds. The number of benzene rings is 2. The molecule has 1 spiro atoms. The van der Waals surface area contributed by atoms with Crippen LogP contribution in [0.4, 0.5) is 23.2 Å². The number of halogens is 4. The number of aryl methyl sites for hydroxylation is 2. The van der Waals surface area contributed by atoms with E-state index in [1.165, 1.54) is 23.1 Å². The van der Waals surface area contributed by atoms with E-state index < -0.39 is 69.3 Å². The Balaban J connectivity index is 1.42. The van der Waals surface area contributed by atoms with Crippen LogP contribution in [0.25, 0.3) is 0 Å². The molecule has 2 aromatic carbocycles. The van der Waals surface area contributed by atoms with Crippen molar-refractivity contribution in [2.24, 2.45) is 4.99 Å². The highest BCUT2D eigenvalue weighted by molar-refractivity contribution is 7.89. The van der Waals surface area contributed by atoms with Gasteiger partial charge in [-0.25, -0.2) is 17.1 Å². The summed E-state index contributed by atoms with van der Waals surface area (Å²) in [6.45, 7) is 4.02. The number of sulfonamides is 1. The molecular formula is C32H36F4N4O8S. The zero-order chi connectivity index (χ0) is 36.3. The molecule has 2 N–H and O–H groups in total. The first kappa shape index (κ1) is 37.4. The number of ether oxygens (including phenoxy) is 1. The maximum Gasteiger partial charge on any atom is 0.419 e. The molecule has 1 fully saturated rings. The molecule has 49 heavy (non-hydrogen) atoms.